The van der Waals surface area contributed by atoms with E-state index in [4.69, 9.17) is 11.6 Å². The number of alkyl halides is 3. The number of hydrogen-bond donors (Lipinski definition) is 1. The van der Waals surface area contributed by atoms with E-state index in [0.717, 1.165) is 18.2 Å². The fraction of sp³-hybridized carbons (Fsp3) is 0.0833. The highest BCUT2D eigenvalue weighted by Gasteiger charge is 2.31. The summed E-state index contributed by atoms with van der Waals surface area (Å²) < 4.78 is 39.4. The average molecular weight is 347 g/mol. The number of halogens is 4. The first-order valence-electron chi connectivity index (χ1n) is 5.81. The van der Waals surface area contributed by atoms with Gasteiger partial charge in [-0.1, -0.05) is 22.9 Å². The van der Waals surface area contributed by atoms with Crippen LogP contribution in [0.5, 0.6) is 0 Å². The number of aromatic nitrogens is 3. The van der Waals surface area contributed by atoms with Gasteiger partial charge in [-0.3, -0.25) is 4.79 Å². The number of carbonyl (C=O) groups excluding carboxylic acids is 1. The summed E-state index contributed by atoms with van der Waals surface area (Å²) in [6.45, 7) is 0. The van der Waals surface area contributed by atoms with Crippen molar-refractivity contribution in [1.29, 1.82) is 0 Å². The molecular formula is C12H6ClF3N4OS. The number of rotatable bonds is 2. The second-order valence-corrected chi connectivity index (χ2v) is 5.46. The number of imidazole rings is 1. The number of nitrogens with zero attached hydrogens (tertiary/aromatic N) is 3. The maximum atomic E-state index is 12.7. The monoisotopic (exact) mass is 346 g/mol. The predicted molar refractivity (Wildman–Crippen MR) is 75.3 cm³/mol. The van der Waals surface area contributed by atoms with Crippen molar-refractivity contribution in [1.82, 2.24) is 14.6 Å². The van der Waals surface area contributed by atoms with Crippen LogP contribution in [0, 0.1) is 0 Å². The molecule has 10 heteroatoms. The molecule has 1 amide bonds. The Balaban J connectivity index is 1.88. The van der Waals surface area contributed by atoms with E-state index < -0.39 is 17.6 Å². The van der Waals surface area contributed by atoms with Crippen molar-refractivity contribution in [3.63, 3.8) is 0 Å². The summed E-state index contributed by atoms with van der Waals surface area (Å²) in [5, 5.41) is 6.23. The first-order valence-corrected chi connectivity index (χ1v) is 7.07. The van der Waals surface area contributed by atoms with E-state index in [0.29, 0.717) is 4.96 Å². The maximum absolute atomic E-state index is 12.7. The molecule has 22 heavy (non-hydrogen) atoms. The molecular weight excluding hydrogens is 341 g/mol. The molecule has 0 aliphatic carbocycles. The van der Waals surface area contributed by atoms with Crippen LogP contribution in [0.3, 0.4) is 0 Å². The van der Waals surface area contributed by atoms with E-state index in [1.807, 2.05) is 0 Å². The smallest absolute Gasteiger partial charge is 0.319 e. The zero-order chi connectivity index (χ0) is 15.9. The number of benzene rings is 1. The minimum absolute atomic E-state index is 0.000459. The summed E-state index contributed by atoms with van der Waals surface area (Å²) in [4.78, 5) is 16.6. The van der Waals surface area contributed by atoms with Gasteiger partial charge in [0.1, 0.15) is 11.2 Å². The second kappa shape index (κ2) is 5.25. The predicted octanol–water partition coefficient (Wildman–Crippen LogP) is 3.72. The van der Waals surface area contributed by atoms with Crippen molar-refractivity contribution in [3.8, 4) is 0 Å². The van der Waals surface area contributed by atoms with Gasteiger partial charge in [0.2, 0.25) is 4.96 Å². The van der Waals surface area contributed by atoms with E-state index >= 15 is 0 Å². The molecule has 0 unspecified atom stereocenters. The molecule has 0 spiro atoms. The Bertz CT molecular complexity index is 829. The highest BCUT2D eigenvalue weighted by Crippen LogP contribution is 2.33. The van der Waals surface area contributed by atoms with Crippen molar-refractivity contribution < 1.29 is 18.0 Å². The van der Waals surface area contributed by atoms with Gasteiger partial charge in [0.05, 0.1) is 22.5 Å². The molecule has 0 aliphatic rings. The van der Waals surface area contributed by atoms with Gasteiger partial charge in [-0.15, -0.1) is 0 Å². The zero-order valence-electron chi connectivity index (χ0n) is 10.6. The van der Waals surface area contributed by atoms with Crippen LogP contribution in [0.1, 0.15) is 16.1 Å². The number of amides is 1. The third-order valence-corrected chi connectivity index (χ3v) is 3.78. The van der Waals surface area contributed by atoms with Gasteiger partial charge in [0.25, 0.3) is 5.91 Å². The fourth-order valence-corrected chi connectivity index (χ4v) is 2.50. The van der Waals surface area contributed by atoms with Crippen molar-refractivity contribution in [2.45, 2.75) is 6.18 Å². The van der Waals surface area contributed by atoms with Gasteiger partial charge in [-0.05, 0) is 18.2 Å². The Hall–Kier alpha value is -2.13. The van der Waals surface area contributed by atoms with E-state index in [9.17, 15) is 18.0 Å². The Morgan fingerprint density at radius 2 is 2.14 bits per heavy atom. The molecule has 114 valence electrons. The quantitative estimate of drug-likeness (QED) is 0.769. The van der Waals surface area contributed by atoms with Gasteiger partial charge in [0, 0.05) is 0 Å². The largest absolute Gasteiger partial charge is 0.416 e. The van der Waals surface area contributed by atoms with Gasteiger partial charge in [-0.25, -0.2) is 9.50 Å². The van der Waals surface area contributed by atoms with Gasteiger partial charge >= 0.3 is 6.18 Å². The lowest BCUT2D eigenvalue weighted by Crippen LogP contribution is -2.14. The number of hydrogen-bond acceptors (Lipinski definition) is 4. The number of fused-ring (bicyclic) bond motifs is 1. The van der Waals surface area contributed by atoms with Crippen LogP contribution >= 0.6 is 22.9 Å². The van der Waals surface area contributed by atoms with Crippen LogP contribution < -0.4 is 5.32 Å². The second-order valence-electron chi connectivity index (χ2n) is 4.24. The van der Waals surface area contributed by atoms with Crippen LogP contribution in [0.2, 0.25) is 5.02 Å². The topological polar surface area (TPSA) is 59.3 Å². The first kappa shape index (κ1) is 14.8. The molecule has 1 aromatic carbocycles. The minimum Gasteiger partial charge on any atom is -0.319 e. The third-order valence-electron chi connectivity index (χ3n) is 2.76. The molecule has 0 saturated carbocycles. The third kappa shape index (κ3) is 2.77. The standard InChI is InChI=1S/C12H6ClF3N4OS/c13-7-2-1-6(12(14,15)16)3-8(7)18-10(21)9-4-20-11(19-9)22-5-17-20/h1-5H,(H,18,21). The first-order chi connectivity index (χ1) is 10.3. The Labute approximate surface area is 130 Å². The van der Waals surface area contributed by atoms with Crippen LogP contribution in [0.4, 0.5) is 18.9 Å². The van der Waals surface area contributed by atoms with E-state index in [1.54, 1.807) is 5.51 Å². The summed E-state index contributed by atoms with van der Waals surface area (Å²) >= 11 is 7.04. The Kier molecular flexibility index (Phi) is 3.53. The lowest BCUT2D eigenvalue weighted by atomic mass is 10.2. The van der Waals surface area contributed by atoms with E-state index in [-0.39, 0.29) is 16.4 Å². The van der Waals surface area contributed by atoms with Crippen molar-refractivity contribution in [2.75, 3.05) is 5.32 Å². The van der Waals surface area contributed by atoms with Gasteiger partial charge in [-0.2, -0.15) is 18.3 Å². The molecule has 3 rings (SSSR count). The highest BCUT2D eigenvalue weighted by molar-refractivity contribution is 7.14. The van der Waals surface area contributed by atoms with E-state index in [2.05, 4.69) is 15.4 Å². The summed E-state index contributed by atoms with van der Waals surface area (Å²) in [5.41, 5.74) is 0.548. The van der Waals surface area contributed by atoms with Crippen molar-refractivity contribution in [2.24, 2.45) is 0 Å². The molecule has 2 aromatic heterocycles. The average Bonchev–Trinajstić information content (AvgIpc) is 3.00. The Morgan fingerprint density at radius 3 is 2.82 bits per heavy atom. The SMILES string of the molecule is O=C(Nc1cc(C(F)(F)F)ccc1Cl)c1cn2ncsc2n1. The zero-order valence-corrected chi connectivity index (χ0v) is 12.1. The highest BCUT2D eigenvalue weighted by atomic mass is 35.5. The van der Waals surface area contributed by atoms with Crippen LogP contribution in [-0.4, -0.2) is 20.5 Å². The van der Waals surface area contributed by atoms with Crippen LogP contribution in [0.25, 0.3) is 4.96 Å². The molecule has 0 saturated heterocycles. The van der Waals surface area contributed by atoms with Gasteiger partial charge in [0.15, 0.2) is 0 Å². The van der Waals surface area contributed by atoms with Crippen LogP contribution in [-0.2, 0) is 6.18 Å². The van der Waals surface area contributed by atoms with Crippen molar-refractivity contribution >= 4 is 39.5 Å². The van der Waals surface area contributed by atoms with Gasteiger partial charge < -0.3 is 5.32 Å². The molecule has 0 fully saturated rings. The summed E-state index contributed by atoms with van der Waals surface area (Å²) in [5.74, 6) is -0.668. The number of nitrogens with one attached hydrogen (secondary N) is 1. The molecule has 3 aromatic rings. The summed E-state index contributed by atoms with van der Waals surface area (Å²) in [6.07, 6.45) is -3.15. The normalized spacial score (nSPS) is 11.8. The molecule has 0 radical (unpaired) electrons. The summed E-state index contributed by atoms with van der Waals surface area (Å²) in [6, 6.07) is 2.69. The van der Waals surface area contributed by atoms with E-state index in [1.165, 1.54) is 22.0 Å². The Morgan fingerprint density at radius 1 is 1.36 bits per heavy atom. The number of carbonyl (C=O) groups is 1. The number of anilines is 1. The molecule has 0 aliphatic heterocycles. The molecule has 2 heterocycles. The fourth-order valence-electron chi connectivity index (χ4n) is 1.73. The summed E-state index contributed by atoms with van der Waals surface area (Å²) in [7, 11) is 0. The van der Waals surface area contributed by atoms with Crippen molar-refractivity contribution in [3.05, 3.63) is 46.2 Å². The molecule has 0 bridgehead atoms. The maximum Gasteiger partial charge on any atom is 0.416 e. The minimum atomic E-state index is -4.52. The lowest BCUT2D eigenvalue weighted by Gasteiger charge is -2.10. The molecule has 0 atom stereocenters. The van der Waals surface area contributed by atoms with Crippen LogP contribution in [0.15, 0.2) is 29.9 Å². The molecule has 5 nitrogen and oxygen atoms in total. The lowest BCUT2D eigenvalue weighted by molar-refractivity contribution is -0.137. The molecule has 1 N–H and O–H groups in total.